The third-order valence-electron chi connectivity index (χ3n) is 4.88. The van der Waals surface area contributed by atoms with Crippen molar-refractivity contribution in [3.8, 4) is 5.75 Å². The van der Waals surface area contributed by atoms with E-state index in [-0.39, 0.29) is 23.8 Å². The average molecular weight is 357 g/mol. The molecule has 6 heteroatoms. The molecule has 1 aliphatic rings. The van der Waals surface area contributed by atoms with Gasteiger partial charge in [-0.3, -0.25) is 4.98 Å². The molecule has 1 saturated carbocycles. The van der Waals surface area contributed by atoms with Crippen molar-refractivity contribution >= 4 is 6.03 Å². The summed E-state index contributed by atoms with van der Waals surface area (Å²) in [5.74, 6) is 0.820. The number of benzene rings is 1. The summed E-state index contributed by atoms with van der Waals surface area (Å²) in [5.41, 5.74) is 3.79. The highest BCUT2D eigenvalue weighted by molar-refractivity contribution is 5.75. The fraction of sp³-hybridized carbons (Fsp3) is 0.400. The lowest BCUT2D eigenvalue weighted by molar-refractivity contribution is 0.205. The van der Waals surface area contributed by atoms with Gasteiger partial charge in [0, 0.05) is 36.3 Å². The molecule has 0 spiro atoms. The number of halogens is 1. The lowest BCUT2D eigenvalue weighted by atomic mass is 10.1. The molecule has 1 aromatic heterocycles. The molecule has 1 aliphatic carbocycles. The number of aromatic nitrogens is 1. The van der Waals surface area contributed by atoms with Crippen LogP contribution in [0.1, 0.15) is 34.7 Å². The molecular weight excluding hydrogens is 333 g/mol. The summed E-state index contributed by atoms with van der Waals surface area (Å²) in [6, 6.07) is 6.43. The molecule has 0 saturated heterocycles. The number of hydrogen-bond donors (Lipinski definition) is 1. The Balaban J connectivity index is 1.58. The SMILES string of the molecule is COc1c(C)cnc(CN(C)C(=O)N[C@@H]2C[C@H]2c2ccc(F)cc2)c1C. The first-order valence-corrected chi connectivity index (χ1v) is 8.67. The van der Waals surface area contributed by atoms with Gasteiger partial charge in [0.15, 0.2) is 0 Å². The first kappa shape index (κ1) is 18.2. The lowest BCUT2D eigenvalue weighted by Crippen LogP contribution is -2.38. The molecule has 138 valence electrons. The average Bonchev–Trinajstić information content (AvgIpc) is 3.37. The van der Waals surface area contributed by atoms with E-state index in [0.29, 0.717) is 6.54 Å². The summed E-state index contributed by atoms with van der Waals surface area (Å²) in [7, 11) is 3.39. The lowest BCUT2D eigenvalue weighted by Gasteiger charge is -2.20. The van der Waals surface area contributed by atoms with E-state index in [9.17, 15) is 9.18 Å². The highest BCUT2D eigenvalue weighted by Crippen LogP contribution is 2.40. The van der Waals surface area contributed by atoms with Crippen molar-refractivity contribution in [1.29, 1.82) is 0 Å². The fourth-order valence-corrected chi connectivity index (χ4v) is 3.23. The molecule has 5 nitrogen and oxygen atoms in total. The number of hydrogen-bond acceptors (Lipinski definition) is 3. The van der Waals surface area contributed by atoms with E-state index in [0.717, 1.165) is 34.6 Å². The van der Waals surface area contributed by atoms with Crippen molar-refractivity contribution in [2.24, 2.45) is 0 Å². The molecule has 1 N–H and O–H groups in total. The van der Waals surface area contributed by atoms with Gasteiger partial charge in [-0.25, -0.2) is 9.18 Å². The maximum atomic E-state index is 13.0. The number of aryl methyl sites for hydroxylation is 1. The van der Waals surface area contributed by atoms with Gasteiger partial charge in [0.05, 0.1) is 19.3 Å². The minimum absolute atomic E-state index is 0.0945. The van der Waals surface area contributed by atoms with E-state index in [1.807, 2.05) is 13.8 Å². The van der Waals surface area contributed by atoms with Gasteiger partial charge in [0.1, 0.15) is 11.6 Å². The van der Waals surface area contributed by atoms with Crippen LogP contribution in [0.15, 0.2) is 30.5 Å². The first-order valence-electron chi connectivity index (χ1n) is 8.67. The van der Waals surface area contributed by atoms with Crippen LogP contribution in [0.2, 0.25) is 0 Å². The van der Waals surface area contributed by atoms with Crippen LogP contribution < -0.4 is 10.1 Å². The second-order valence-electron chi connectivity index (χ2n) is 6.85. The molecule has 2 atom stereocenters. The van der Waals surface area contributed by atoms with Crippen LogP contribution in [0.5, 0.6) is 5.75 Å². The van der Waals surface area contributed by atoms with Gasteiger partial charge in [-0.1, -0.05) is 12.1 Å². The first-order chi connectivity index (χ1) is 12.4. The number of carbonyl (C=O) groups is 1. The highest BCUT2D eigenvalue weighted by atomic mass is 19.1. The quantitative estimate of drug-likeness (QED) is 0.890. The summed E-state index contributed by atoms with van der Waals surface area (Å²) in [6.07, 6.45) is 2.64. The minimum atomic E-state index is -0.244. The van der Waals surface area contributed by atoms with Crippen molar-refractivity contribution in [2.45, 2.75) is 38.8 Å². The van der Waals surface area contributed by atoms with Crippen LogP contribution >= 0.6 is 0 Å². The maximum Gasteiger partial charge on any atom is 0.317 e. The molecule has 26 heavy (non-hydrogen) atoms. The van der Waals surface area contributed by atoms with Crippen LogP contribution in [0.4, 0.5) is 9.18 Å². The van der Waals surface area contributed by atoms with Crippen molar-refractivity contribution in [3.63, 3.8) is 0 Å². The zero-order valence-electron chi connectivity index (χ0n) is 15.5. The number of ether oxygens (including phenoxy) is 1. The summed E-state index contributed by atoms with van der Waals surface area (Å²) >= 11 is 0. The van der Waals surface area contributed by atoms with Gasteiger partial charge in [-0.2, -0.15) is 0 Å². The van der Waals surface area contributed by atoms with E-state index < -0.39 is 0 Å². The minimum Gasteiger partial charge on any atom is -0.496 e. The number of rotatable bonds is 5. The number of methoxy groups -OCH3 is 1. The molecule has 3 rings (SSSR count). The summed E-state index contributed by atoms with van der Waals surface area (Å²) in [6.45, 7) is 4.30. The third kappa shape index (κ3) is 3.79. The fourth-order valence-electron chi connectivity index (χ4n) is 3.23. The predicted octanol–water partition coefficient (Wildman–Crippen LogP) is 3.54. The van der Waals surface area contributed by atoms with Crippen LogP contribution in [-0.2, 0) is 6.54 Å². The zero-order valence-corrected chi connectivity index (χ0v) is 15.5. The van der Waals surface area contributed by atoms with Gasteiger partial charge in [0.25, 0.3) is 0 Å². The Kier molecular flexibility index (Phi) is 5.11. The number of carbonyl (C=O) groups excluding carboxylic acids is 1. The number of urea groups is 1. The van der Waals surface area contributed by atoms with E-state index in [2.05, 4.69) is 10.3 Å². The second kappa shape index (κ2) is 7.32. The monoisotopic (exact) mass is 357 g/mol. The Morgan fingerprint density at radius 2 is 2.04 bits per heavy atom. The van der Waals surface area contributed by atoms with Gasteiger partial charge in [0.2, 0.25) is 0 Å². The number of pyridine rings is 1. The number of nitrogens with zero attached hydrogens (tertiary/aromatic N) is 2. The molecule has 1 aromatic carbocycles. The normalized spacial score (nSPS) is 18.3. The van der Waals surface area contributed by atoms with Crippen LogP contribution in [0, 0.1) is 19.7 Å². The maximum absolute atomic E-state index is 13.0. The van der Waals surface area contributed by atoms with Crippen LogP contribution in [0.25, 0.3) is 0 Å². The molecular formula is C20H24FN3O2. The molecule has 0 aliphatic heterocycles. The predicted molar refractivity (Wildman–Crippen MR) is 97.8 cm³/mol. The van der Waals surface area contributed by atoms with Gasteiger partial charge < -0.3 is 15.0 Å². The molecule has 2 aromatic rings. The summed E-state index contributed by atoms with van der Waals surface area (Å²) in [5, 5.41) is 3.03. The smallest absolute Gasteiger partial charge is 0.317 e. The van der Waals surface area contributed by atoms with Crippen molar-refractivity contribution in [2.75, 3.05) is 14.2 Å². The Hall–Kier alpha value is -2.63. The van der Waals surface area contributed by atoms with Crippen molar-refractivity contribution in [3.05, 3.63) is 58.7 Å². The standard InChI is InChI=1S/C20H24FN3O2/c1-12-10-22-18(13(2)19(12)26-4)11-24(3)20(25)23-17-9-16(17)14-5-7-15(21)8-6-14/h5-8,10,16-17H,9,11H2,1-4H3,(H,23,25)/t16-,17+/m0/s1. The third-order valence-corrected chi connectivity index (χ3v) is 4.88. The van der Waals surface area contributed by atoms with Crippen LogP contribution in [-0.4, -0.2) is 36.1 Å². The van der Waals surface area contributed by atoms with E-state index in [1.54, 1.807) is 37.4 Å². The van der Waals surface area contributed by atoms with Crippen molar-refractivity contribution < 1.29 is 13.9 Å². The van der Waals surface area contributed by atoms with E-state index in [4.69, 9.17) is 4.74 Å². The van der Waals surface area contributed by atoms with Gasteiger partial charge in [-0.15, -0.1) is 0 Å². The largest absolute Gasteiger partial charge is 0.496 e. The zero-order chi connectivity index (χ0) is 18.8. The van der Waals surface area contributed by atoms with Gasteiger partial charge >= 0.3 is 6.03 Å². The Morgan fingerprint density at radius 3 is 2.69 bits per heavy atom. The van der Waals surface area contributed by atoms with Crippen LogP contribution in [0.3, 0.4) is 0 Å². The Morgan fingerprint density at radius 1 is 1.35 bits per heavy atom. The summed E-state index contributed by atoms with van der Waals surface area (Å²) in [4.78, 5) is 18.5. The molecule has 1 heterocycles. The molecule has 2 amide bonds. The molecule has 1 fully saturated rings. The topological polar surface area (TPSA) is 54.5 Å². The van der Waals surface area contributed by atoms with Gasteiger partial charge in [-0.05, 0) is 38.0 Å². The second-order valence-corrected chi connectivity index (χ2v) is 6.85. The van der Waals surface area contributed by atoms with E-state index >= 15 is 0 Å². The Labute approximate surface area is 153 Å². The van der Waals surface area contributed by atoms with E-state index in [1.165, 1.54) is 12.1 Å². The number of nitrogens with one attached hydrogen (secondary N) is 1. The Bertz CT molecular complexity index is 807. The summed E-state index contributed by atoms with van der Waals surface area (Å²) < 4.78 is 18.4. The number of amides is 2. The van der Waals surface area contributed by atoms with Crippen molar-refractivity contribution in [1.82, 2.24) is 15.2 Å². The molecule has 0 radical (unpaired) electrons. The highest BCUT2D eigenvalue weighted by Gasteiger charge is 2.40. The molecule has 0 unspecified atom stereocenters. The molecule has 0 bridgehead atoms.